The van der Waals surface area contributed by atoms with E-state index in [1.807, 2.05) is 43.3 Å². The Kier molecular flexibility index (Phi) is 4.68. The van der Waals surface area contributed by atoms with Crippen LogP contribution in [0.1, 0.15) is 44.7 Å². The molecule has 3 heterocycles. The fourth-order valence-electron chi connectivity index (χ4n) is 3.07. The van der Waals surface area contributed by atoms with Gasteiger partial charge in [0.2, 0.25) is 5.13 Å². The molecule has 1 aliphatic heterocycles. The summed E-state index contributed by atoms with van der Waals surface area (Å²) < 4.78 is 5.62. The number of azide groups is 1. The Morgan fingerprint density at radius 3 is 2.79 bits per heavy atom. The molecule has 0 spiro atoms. The van der Waals surface area contributed by atoms with E-state index in [4.69, 9.17) is 15.0 Å². The molecular weight excluding hydrogens is 376 g/mol. The van der Waals surface area contributed by atoms with Crippen LogP contribution < -0.4 is 5.01 Å². The number of hydrazone groups is 1. The van der Waals surface area contributed by atoms with E-state index in [2.05, 4.69) is 15.0 Å². The SMILES string of the molecule is Cc1ccc(C2=NN(c3nc(C)c(C(=O)N=[N+]=[N-])s3)C(c3ccco3)C2)cc1. The fraction of sp³-hybridized carbons (Fsp3) is 0.211. The second-order valence-corrected chi connectivity index (χ2v) is 7.38. The van der Waals surface area contributed by atoms with Crippen molar-refractivity contribution in [2.45, 2.75) is 26.3 Å². The van der Waals surface area contributed by atoms with Gasteiger partial charge < -0.3 is 4.42 Å². The summed E-state index contributed by atoms with van der Waals surface area (Å²) >= 11 is 1.16. The van der Waals surface area contributed by atoms with Crippen molar-refractivity contribution in [3.63, 3.8) is 0 Å². The lowest BCUT2D eigenvalue weighted by atomic mass is 10.0. The van der Waals surface area contributed by atoms with E-state index in [0.29, 0.717) is 22.1 Å². The van der Waals surface area contributed by atoms with E-state index >= 15 is 0 Å². The van der Waals surface area contributed by atoms with Crippen molar-refractivity contribution in [1.82, 2.24) is 4.98 Å². The minimum Gasteiger partial charge on any atom is -0.467 e. The zero-order valence-corrected chi connectivity index (χ0v) is 16.1. The number of nitrogens with zero attached hydrogens (tertiary/aromatic N) is 6. The third kappa shape index (κ3) is 3.28. The highest BCUT2D eigenvalue weighted by Gasteiger charge is 2.34. The molecule has 9 heteroatoms. The monoisotopic (exact) mass is 392 g/mol. The Balaban J connectivity index is 1.75. The minimum atomic E-state index is -0.639. The minimum absolute atomic E-state index is 0.167. The maximum atomic E-state index is 12.0. The van der Waals surface area contributed by atoms with E-state index in [9.17, 15) is 4.79 Å². The van der Waals surface area contributed by atoms with Crippen molar-refractivity contribution in [1.29, 1.82) is 0 Å². The molecule has 4 rings (SSSR count). The molecule has 1 aromatic carbocycles. The number of furan rings is 1. The van der Waals surface area contributed by atoms with Crippen LogP contribution in [0.5, 0.6) is 0 Å². The van der Waals surface area contributed by atoms with Gasteiger partial charge in [-0.1, -0.05) is 41.2 Å². The second-order valence-electron chi connectivity index (χ2n) is 6.40. The van der Waals surface area contributed by atoms with Crippen LogP contribution >= 0.6 is 11.3 Å². The number of hydrogen-bond donors (Lipinski definition) is 0. The number of carbonyl (C=O) groups is 1. The maximum absolute atomic E-state index is 12.0. The summed E-state index contributed by atoms with van der Waals surface area (Å²) in [4.78, 5) is 19.4. The molecule has 0 saturated carbocycles. The van der Waals surface area contributed by atoms with Gasteiger partial charge in [-0.2, -0.15) is 5.10 Å². The molecule has 0 saturated heterocycles. The predicted molar refractivity (Wildman–Crippen MR) is 107 cm³/mol. The third-order valence-electron chi connectivity index (χ3n) is 4.48. The Morgan fingerprint density at radius 2 is 2.11 bits per heavy atom. The van der Waals surface area contributed by atoms with Crippen LogP contribution in [0.4, 0.5) is 5.13 Å². The topological polar surface area (TPSA) is 107 Å². The zero-order chi connectivity index (χ0) is 19.7. The van der Waals surface area contributed by atoms with Gasteiger partial charge in [0.15, 0.2) is 0 Å². The lowest BCUT2D eigenvalue weighted by Gasteiger charge is -2.18. The van der Waals surface area contributed by atoms with Crippen molar-refractivity contribution >= 4 is 28.1 Å². The van der Waals surface area contributed by atoms with Crippen LogP contribution in [-0.4, -0.2) is 16.6 Å². The lowest BCUT2D eigenvalue weighted by molar-refractivity contribution is 0.100. The van der Waals surface area contributed by atoms with Crippen molar-refractivity contribution in [3.8, 4) is 0 Å². The summed E-state index contributed by atoms with van der Waals surface area (Å²) in [5.74, 6) is 0.127. The van der Waals surface area contributed by atoms with E-state index in [1.54, 1.807) is 18.2 Å². The Morgan fingerprint density at radius 1 is 1.32 bits per heavy atom. The highest BCUT2D eigenvalue weighted by Crippen LogP contribution is 2.39. The van der Waals surface area contributed by atoms with Gasteiger partial charge in [0.1, 0.15) is 16.7 Å². The van der Waals surface area contributed by atoms with Gasteiger partial charge in [-0.15, -0.1) is 0 Å². The average Bonchev–Trinajstić information content (AvgIpc) is 3.41. The fourth-order valence-corrected chi connectivity index (χ4v) is 4.02. The first-order valence-electron chi connectivity index (χ1n) is 8.61. The van der Waals surface area contributed by atoms with Crippen LogP contribution in [0.3, 0.4) is 0 Å². The number of anilines is 1. The number of amides is 1. The highest BCUT2D eigenvalue weighted by atomic mass is 32.1. The van der Waals surface area contributed by atoms with E-state index in [0.717, 1.165) is 28.4 Å². The Bertz CT molecular complexity index is 1090. The summed E-state index contributed by atoms with van der Waals surface area (Å²) in [5.41, 5.74) is 12.2. The summed E-state index contributed by atoms with van der Waals surface area (Å²) in [7, 11) is 0. The van der Waals surface area contributed by atoms with E-state index in [1.165, 1.54) is 5.56 Å². The molecule has 1 atom stereocenters. The average molecular weight is 392 g/mol. The molecule has 1 amide bonds. The summed E-state index contributed by atoms with van der Waals surface area (Å²) in [6.45, 7) is 3.75. The van der Waals surface area contributed by atoms with Gasteiger partial charge >= 0.3 is 0 Å². The summed E-state index contributed by atoms with van der Waals surface area (Å²) in [5, 5.41) is 10.3. The standard InChI is InChI=1S/C19H16N6O2S/c1-11-5-7-13(8-6-11)14-10-15(16-4-3-9-27-16)25(23-14)19-21-12(2)17(28-19)18(26)22-24-20/h3-9,15H,10H2,1-2H3. The predicted octanol–water partition coefficient (Wildman–Crippen LogP) is 5.16. The molecule has 0 N–H and O–H groups in total. The molecule has 8 nitrogen and oxygen atoms in total. The number of aryl methyl sites for hydroxylation is 2. The quantitative estimate of drug-likeness (QED) is 0.347. The molecule has 0 bridgehead atoms. The van der Waals surface area contributed by atoms with Gasteiger partial charge in [-0.3, -0.25) is 4.79 Å². The molecule has 1 unspecified atom stereocenters. The first kappa shape index (κ1) is 18.0. The smallest absolute Gasteiger partial charge is 0.261 e. The number of benzene rings is 1. The van der Waals surface area contributed by atoms with Crippen LogP contribution in [-0.2, 0) is 0 Å². The van der Waals surface area contributed by atoms with Crippen molar-refractivity contribution < 1.29 is 9.21 Å². The number of carbonyl (C=O) groups excluding carboxylic acids is 1. The Hall–Kier alpha value is -3.42. The molecule has 0 radical (unpaired) electrons. The van der Waals surface area contributed by atoms with E-state index < -0.39 is 5.91 Å². The molecule has 3 aromatic rings. The molecule has 28 heavy (non-hydrogen) atoms. The summed E-state index contributed by atoms with van der Waals surface area (Å²) in [6, 6.07) is 11.7. The van der Waals surface area contributed by atoms with Crippen LogP contribution in [0.25, 0.3) is 10.4 Å². The third-order valence-corrected chi connectivity index (χ3v) is 5.61. The van der Waals surface area contributed by atoms with E-state index in [-0.39, 0.29) is 6.04 Å². The molecule has 140 valence electrons. The van der Waals surface area contributed by atoms with Crippen LogP contribution in [0.15, 0.2) is 57.3 Å². The zero-order valence-electron chi connectivity index (χ0n) is 15.2. The van der Waals surface area contributed by atoms with Crippen LogP contribution in [0.2, 0.25) is 0 Å². The van der Waals surface area contributed by atoms with Crippen LogP contribution in [0, 0.1) is 13.8 Å². The van der Waals surface area contributed by atoms with Crippen molar-refractivity contribution in [2.75, 3.05) is 5.01 Å². The maximum Gasteiger partial charge on any atom is 0.261 e. The van der Waals surface area contributed by atoms with Gasteiger partial charge in [-0.25, -0.2) is 9.99 Å². The first-order chi connectivity index (χ1) is 13.6. The van der Waals surface area contributed by atoms with Gasteiger partial charge in [-0.05, 0) is 42.2 Å². The number of hydrogen-bond acceptors (Lipinski definition) is 6. The molecule has 0 aliphatic carbocycles. The Labute approximate surface area is 164 Å². The number of thiazole rings is 1. The lowest BCUT2D eigenvalue weighted by Crippen LogP contribution is -2.17. The molecular formula is C19H16N6O2S. The van der Waals surface area contributed by atoms with Crippen molar-refractivity contribution in [2.24, 2.45) is 10.2 Å². The largest absolute Gasteiger partial charge is 0.467 e. The van der Waals surface area contributed by atoms with Gasteiger partial charge in [0.05, 0.1) is 17.7 Å². The molecule has 0 fully saturated rings. The molecule has 1 aliphatic rings. The summed E-state index contributed by atoms with van der Waals surface area (Å²) in [6.07, 6.45) is 2.27. The van der Waals surface area contributed by atoms with Gasteiger partial charge in [0.25, 0.3) is 5.91 Å². The van der Waals surface area contributed by atoms with Crippen molar-refractivity contribution in [3.05, 3.63) is 80.6 Å². The molecule has 2 aromatic heterocycles. The first-order valence-corrected chi connectivity index (χ1v) is 9.42. The van der Waals surface area contributed by atoms with Gasteiger partial charge in [0, 0.05) is 11.3 Å². The normalized spacial score (nSPS) is 16.0. The highest BCUT2D eigenvalue weighted by molar-refractivity contribution is 7.17. The second kappa shape index (κ2) is 7.30. The number of aromatic nitrogens is 1. The number of rotatable bonds is 4.